The number of nitrogens with zero attached hydrogens (tertiary/aromatic N) is 4. The summed E-state index contributed by atoms with van der Waals surface area (Å²) in [6.07, 6.45) is 6.88. The Balaban J connectivity index is 1.90. The van der Waals surface area contributed by atoms with Crippen molar-refractivity contribution in [3.63, 3.8) is 0 Å². The van der Waals surface area contributed by atoms with Crippen LogP contribution in [0.15, 0.2) is 4.79 Å². The summed E-state index contributed by atoms with van der Waals surface area (Å²) in [5, 5.41) is 15.8. The lowest BCUT2D eigenvalue weighted by atomic mass is 10.0. The van der Waals surface area contributed by atoms with Gasteiger partial charge in [0.1, 0.15) is 5.01 Å². The molecule has 0 unspecified atom stereocenters. The summed E-state index contributed by atoms with van der Waals surface area (Å²) in [6.45, 7) is 0. The average molecular weight is 309 g/mol. The SMILES string of the molecule is Nc1nc2sc(CCC3CCCC3)nn2c(=O)c1[N+](=O)[O-]. The number of nitro groups is 1. The minimum Gasteiger partial charge on any atom is -0.378 e. The first kappa shape index (κ1) is 13.9. The minimum absolute atomic E-state index is 0.310. The van der Waals surface area contributed by atoms with Crippen LogP contribution in [0.4, 0.5) is 11.5 Å². The molecule has 21 heavy (non-hydrogen) atoms. The molecule has 1 aliphatic rings. The van der Waals surface area contributed by atoms with Crippen molar-refractivity contribution in [3.8, 4) is 0 Å². The molecule has 0 aromatic carbocycles. The summed E-state index contributed by atoms with van der Waals surface area (Å²) in [5.74, 6) is 0.372. The fourth-order valence-electron chi connectivity index (χ4n) is 2.79. The lowest BCUT2D eigenvalue weighted by Gasteiger charge is -2.05. The van der Waals surface area contributed by atoms with Gasteiger partial charge in [0.25, 0.3) is 0 Å². The highest BCUT2D eigenvalue weighted by atomic mass is 32.1. The number of hydrogen-bond acceptors (Lipinski definition) is 7. The van der Waals surface area contributed by atoms with Crippen molar-refractivity contribution in [1.29, 1.82) is 0 Å². The Labute approximate surface area is 123 Å². The van der Waals surface area contributed by atoms with Crippen LogP contribution in [0.2, 0.25) is 0 Å². The smallest absolute Gasteiger partial charge is 0.377 e. The first-order valence-corrected chi connectivity index (χ1v) is 7.70. The maximum absolute atomic E-state index is 12.0. The molecule has 1 aliphatic carbocycles. The third-order valence-electron chi connectivity index (χ3n) is 3.88. The molecule has 0 aliphatic heterocycles. The number of nitrogens with two attached hydrogens (primary N) is 1. The van der Waals surface area contributed by atoms with Gasteiger partial charge in [-0.2, -0.15) is 14.6 Å². The summed E-state index contributed by atoms with van der Waals surface area (Å²) in [4.78, 5) is 26.3. The highest BCUT2D eigenvalue weighted by Crippen LogP contribution is 2.29. The van der Waals surface area contributed by atoms with E-state index >= 15 is 0 Å². The van der Waals surface area contributed by atoms with Crippen LogP contribution in [-0.2, 0) is 6.42 Å². The third kappa shape index (κ3) is 2.60. The Hall–Kier alpha value is -2.03. The van der Waals surface area contributed by atoms with Crippen molar-refractivity contribution in [2.45, 2.75) is 38.5 Å². The molecule has 8 nitrogen and oxygen atoms in total. The Bertz CT molecular complexity index is 747. The van der Waals surface area contributed by atoms with E-state index in [9.17, 15) is 14.9 Å². The van der Waals surface area contributed by atoms with E-state index in [2.05, 4.69) is 10.1 Å². The summed E-state index contributed by atoms with van der Waals surface area (Å²) in [7, 11) is 0. The predicted octanol–water partition coefficient (Wildman–Crippen LogP) is 1.76. The average Bonchev–Trinajstić information content (AvgIpc) is 3.04. The molecule has 1 saturated carbocycles. The zero-order chi connectivity index (χ0) is 15.0. The van der Waals surface area contributed by atoms with Crippen molar-refractivity contribution in [1.82, 2.24) is 14.6 Å². The van der Waals surface area contributed by atoms with Gasteiger partial charge in [0.05, 0.1) is 4.92 Å². The number of hydrogen-bond donors (Lipinski definition) is 1. The third-order valence-corrected chi connectivity index (χ3v) is 4.85. The topological polar surface area (TPSA) is 116 Å². The van der Waals surface area contributed by atoms with Crippen LogP contribution >= 0.6 is 11.3 Å². The van der Waals surface area contributed by atoms with Crippen molar-refractivity contribution < 1.29 is 4.92 Å². The lowest BCUT2D eigenvalue weighted by Crippen LogP contribution is -2.20. The maximum atomic E-state index is 12.0. The van der Waals surface area contributed by atoms with Gasteiger partial charge in [-0.1, -0.05) is 37.0 Å². The Morgan fingerprint density at radius 3 is 2.81 bits per heavy atom. The van der Waals surface area contributed by atoms with E-state index in [1.165, 1.54) is 37.0 Å². The zero-order valence-corrected chi connectivity index (χ0v) is 12.1. The van der Waals surface area contributed by atoms with Gasteiger partial charge in [-0.05, 0) is 12.3 Å². The summed E-state index contributed by atoms with van der Waals surface area (Å²) < 4.78 is 0.989. The summed E-state index contributed by atoms with van der Waals surface area (Å²) >= 11 is 1.27. The molecule has 0 radical (unpaired) electrons. The second-order valence-electron chi connectivity index (χ2n) is 5.29. The van der Waals surface area contributed by atoms with Gasteiger partial charge in [-0.15, -0.1) is 0 Å². The lowest BCUT2D eigenvalue weighted by molar-refractivity contribution is -0.385. The predicted molar refractivity (Wildman–Crippen MR) is 78.5 cm³/mol. The molecule has 0 atom stereocenters. The summed E-state index contributed by atoms with van der Waals surface area (Å²) in [5.41, 5.74) is 3.96. The number of nitrogen functional groups attached to an aromatic ring is 1. The maximum Gasteiger partial charge on any atom is 0.377 e. The molecule has 0 saturated heterocycles. The van der Waals surface area contributed by atoms with Crippen LogP contribution < -0.4 is 11.3 Å². The number of aryl methyl sites for hydroxylation is 1. The molecule has 2 heterocycles. The van der Waals surface area contributed by atoms with E-state index in [0.29, 0.717) is 4.96 Å². The van der Waals surface area contributed by atoms with Crippen LogP contribution in [-0.4, -0.2) is 19.5 Å². The molecule has 0 amide bonds. The van der Waals surface area contributed by atoms with Gasteiger partial charge in [-0.3, -0.25) is 14.9 Å². The van der Waals surface area contributed by atoms with Gasteiger partial charge in [-0.25, -0.2) is 0 Å². The molecule has 9 heteroatoms. The van der Waals surface area contributed by atoms with Crippen molar-refractivity contribution in [2.24, 2.45) is 5.92 Å². The fraction of sp³-hybridized carbons (Fsp3) is 0.583. The number of anilines is 1. The molecule has 3 rings (SSSR count). The molecule has 112 valence electrons. The standard InChI is InChI=1S/C12H15N5O3S/c13-10-9(17(19)20)11(18)16-12(14-10)21-8(15-16)6-5-7-3-1-2-4-7/h7H,1-6,13H2. The molecule has 0 spiro atoms. The largest absolute Gasteiger partial charge is 0.378 e. The number of rotatable bonds is 4. The molecule has 0 bridgehead atoms. The van der Waals surface area contributed by atoms with Crippen molar-refractivity contribution >= 4 is 27.8 Å². The summed E-state index contributed by atoms with van der Waals surface area (Å²) in [6, 6.07) is 0. The van der Waals surface area contributed by atoms with E-state index in [0.717, 1.165) is 28.3 Å². The van der Waals surface area contributed by atoms with Gasteiger partial charge >= 0.3 is 11.2 Å². The van der Waals surface area contributed by atoms with E-state index in [-0.39, 0.29) is 5.82 Å². The highest BCUT2D eigenvalue weighted by Gasteiger charge is 2.24. The van der Waals surface area contributed by atoms with Crippen LogP contribution in [0.25, 0.3) is 4.96 Å². The molecule has 1 fully saturated rings. The van der Waals surface area contributed by atoms with Gasteiger partial charge in [0.15, 0.2) is 0 Å². The molecular formula is C12H15N5O3S. The van der Waals surface area contributed by atoms with Crippen molar-refractivity contribution in [3.05, 3.63) is 25.5 Å². The van der Waals surface area contributed by atoms with Crippen LogP contribution in [0, 0.1) is 16.0 Å². The molecule has 2 aromatic heterocycles. The van der Waals surface area contributed by atoms with Gasteiger partial charge in [0.2, 0.25) is 10.8 Å². The quantitative estimate of drug-likeness (QED) is 0.679. The van der Waals surface area contributed by atoms with Crippen LogP contribution in [0.3, 0.4) is 0 Å². The first-order chi connectivity index (χ1) is 10.1. The monoisotopic (exact) mass is 309 g/mol. The Morgan fingerprint density at radius 1 is 1.43 bits per heavy atom. The fourth-order valence-corrected chi connectivity index (χ4v) is 3.70. The minimum atomic E-state index is -0.814. The van der Waals surface area contributed by atoms with Crippen molar-refractivity contribution in [2.75, 3.05) is 5.73 Å². The first-order valence-electron chi connectivity index (χ1n) is 6.89. The van der Waals surface area contributed by atoms with Gasteiger partial charge in [0, 0.05) is 6.42 Å². The number of aromatic nitrogens is 3. The Morgan fingerprint density at radius 2 is 2.14 bits per heavy atom. The second-order valence-corrected chi connectivity index (χ2v) is 6.33. The van der Waals surface area contributed by atoms with Crippen LogP contribution in [0.5, 0.6) is 0 Å². The van der Waals surface area contributed by atoms with Crippen LogP contribution in [0.1, 0.15) is 37.1 Å². The van der Waals surface area contributed by atoms with E-state index in [1.807, 2.05) is 0 Å². The zero-order valence-electron chi connectivity index (χ0n) is 11.3. The normalized spacial score (nSPS) is 15.8. The highest BCUT2D eigenvalue weighted by molar-refractivity contribution is 7.16. The number of fused-ring (bicyclic) bond motifs is 1. The van der Waals surface area contributed by atoms with E-state index in [1.54, 1.807) is 0 Å². The van der Waals surface area contributed by atoms with Gasteiger partial charge < -0.3 is 5.73 Å². The molecule has 2 aromatic rings. The Kier molecular flexibility index (Phi) is 3.58. The van der Waals surface area contributed by atoms with E-state index in [4.69, 9.17) is 5.73 Å². The molecule has 2 N–H and O–H groups in total. The second kappa shape index (κ2) is 5.40. The molecular weight excluding hydrogens is 294 g/mol. The van der Waals surface area contributed by atoms with E-state index < -0.39 is 16.2 Å².